The van der Waals surface area contributed by atoms with Crippen LogP contribution in [0.15, 0.2) is 72.9 Å². The Bertz CT molecular complexity index is 1610. The molecular weight excluding hydrogens is 531 g/mol. The lowest BCUT2D eigenvalue weighted by Gasteiger charge is -2.37. The van der Waals surface area contributed by atoms with Crippen LogP contribution in [-0.4, -0.2) is 55.0 Å². The number of nitrogens with one attached hydrogen (secondary N) is 1. The number of carbonyl (C=O) groups excluding carboxylic acids is 3. The van der Waals surface area contributed by atoms with Gasteiger partial charge in [0.15, 0.2) is 0 Å². The molecule has 4 aromatic rings. The van der Waals surface area contributed by atoms with Gasteiger partial charge in [0.2, 0.25) is 11.8 Å². The number of benzene rings is 3. The fourth-order valence-electron chi connectivity index (χ4n) is 4.55. The Morgan fingerprint density at radius 2 is 1.71 bits per heavy atom. The van der Waals surface area contributed by atoms with E-state index in [9.17, 15) is 18.8 Å². The number of halogens is 1. The molecule has 2 heterocycles. The minimum atomic E-state index is -1.15. The van der Waals surface area contributed by atoms with Crippen molar-refractivity contribution in [2.75, 3.05) is 37.5 Å². The highest BCUT2D eigenvalue weighted by molar-refractivity contribution is 6.23. The van der Waals surface area contributed by atoms with Gasteiger partial charge in [-0.1, -0.05) is 0 Å². The second-order valence-corrected chi connectivity index (χ2v) is 9.17. The van der Waals surface area contributed by atoms with Gasteiger partial charge in [0.1, 0.15) is 40.2 Å². The molecule has 0 saturated carbocycles. The molecule has 1 N–H and O–H groups in total. The fraction of sp³-hybridized carbons (Fsp3) is 0.200. The Labute approximate surface area is 235 Å². The van der Waals surface area contributed by atoms with Crippen LogP contribution in [0.4, 0.5) is 20.6 Å². The van der Waals surface area contributed by atoms with Crippen LogP contribution in [0.2, 0.25) is 0 Å². The number of amides is 4. The van der Waals surface area contributed by atoms with Gasteiger partial charge in [0, 0.05) is 31.0 Å². The number of hydrogen-bond acceptors (Lipinski definition) is 7. The molecule has 41 heavy (non-hydrogen) atoms. The molecule has 11 heteroatoms. The Hall–Kier alpha value is -5.19. The van der Waals surface area contributed by atoms with Gasteiger partial charge < -0.3 is 24.4 Å². The fourth-order valence-corrected chi connectivity index (χ4v) is 4.55. The summed E-state index contributed by atoms with van der Waals surface area (Å²) in [6.45, 7) is 1.98. The molecule has 0 bridgehead atoms. The molecule has 10 nitrogen and oxygen atoms in total. The van der Waals surface area contributed by atoms with E-state index in [0.717, 1.165) is 17.0 Å². The molecule has 0 radical (unpaired) electrons. The highest BCUT2D eigenvalue weighted by atomic mass is 19.1. The Morgan fingerprint density at radius 1 is 0.976 bits per heavy atom. The predicted molar refractivity (Wildman–Crippen MR) is 150 cm³/mol. The monoisotopic (exact) mass is 558 g/mol. The summed E-state index contributed by atoms with van der Waals surface area (Å²) in [6.07, 6.45) is 1.61. The first-order valence-electron chi connectivity index (χ1n) is 12.8. The molecule has 1 aromatic heterocycles. The van der Waals surface area contributed by atoms with E-state index in [4.69, 9.17) is 14.2 Å². The molecule has 210 valence electrons. The molecule has 1 aliphatic rings. The van der Waals surface area contributed by atoms with E-state index in [1.165, 1.54) is 17.0 Å². The highest BCUT2D eigenvalue weighted by Gasteiger charge is 2.43. The van der Waals surface area contributed by atoms with Gasteiger partial charge in [-0.05, 0) is 67.6 Å². The Morgan fingerprint density at radius 3 is 2.37 bits per heavy atom. The number of fused-ring (bicyclic) bond motifs is 1. The molecule has 1 fully saturated rings. The number of rotatable bonds is 8. The van der Waals surface area contributed by atoms with Crippen molar-refractivity contribution in [3.05, 3.63) is 78.7 Å². The third-order valence-corrected chi connectivity index (χ3v) is 6.72. The summed E-state index contributed by atoms with van der Waals surface area (Å²) in [5.74, 6) is -0.748. The van der Waals surface area contributed by atoms with E-state index in [-0.39, 0.29) is 12.2 Å². The van der Waals surface area contributed by atoms with Crippen molar-refractivity contribution >= 4 is 40.1 Å². The van der Waals surface area contributed by atoms with Gasteiger partial charge in [-0.3, -0.25) is 14.6 Å². The van der Waals surface area contributed by atoms with E-state index >= 15 is 0 Å². The van der Waals surface area contributed by atoms with Crippen molar-refractivity contribution in [1.82, 2.24) is 9.88 Å². The Kier molecular flexibility index (Phi) is 7.68. The number of anilines is 2. The molecule has 0 spiro atoms. The van der Waals surface area contributed by atoms with E-state index in [0.29, 0.717) is 46.1 Å². The van der Waals surface area contributed by atoms with Gasteiger partial charge in [0.05, 0.1) is 25.3 Å². The van der Waals surface area contributed by atoms with Crippen LogP contribution in [0.25, 0.3) is 10.9 Å². The number of imide groups is 1. The first-order chi connectivity index (χ1) is 19.8. The van der Waals surface area contributed by atoms with Gasteiger partial charge in [0.25, 0.3) is 0 Å². The van der Waals surface area contributed by atoms with Gasteiger partial charge in [-0.25, -0.2) is 14.1 Å². The molecule has 4 amide bonds. The first-order valence-corrected chi connectivity index (χ1v) is 12.8. The number of hydrogen-bond donors (Lipinski definition) is 1. The number of methoxy groups -OCH3 is 2. The molecule has 0 aliphatic carbocycles. The molecular formula is C30H27FN4O6. The van der Waals surface area contributed by atoms with Crippen LogP contribution < -0.4 is 24.4 Å². The quantitative estimate of drug-likeness (QED) is 0.295. The summed E-state index contributed by atoms with van der Waals surface area (Å²) in [7, 11) is 3.11. The summed E-state index contributed by atoms with van der Waals surface area (Å²) < 4.78 is 30.3. The SMILES string of the molecule is CCN1CC(C(=O)Nc2ccc(Oc3ccnc4c(OC)cc(OC)cc34)cc2)C(=O)N(c2ccc(F)cc2)C1=O. The summed E-state index contributed by atoms with van der Waals surface area (Å²) >= 11 is 0. The molecule has 1 aliphatic heterocycles. The van der Waals surface area contributed by atoms with E-state index < -0.39 is 29.6 Å². The van der Waals surface area contributed by atoms with Crippen molar-refractivity contribution < 1.29 is 33.0 Å². The normalized spacial score (nSPS) is 15.2. The zero-order valence-corrected chi connectivity index (χ0v) is 22.6. The third kappa shape index (κ3) is 5.46. The van der Waals surface area contributed by atoms with Crippen LogP contribution in [0.5, 0.6) is 23.0 Å². The Balaban J connectivity index is 1.33. The zero-order valence-electron chi connectivity index (χ0n) is 22.6. The summed E-state index contributed by atoms with van der Waals surface area (Å²) in [6, 6.07) is 16.3. The molecule has 1 unspecified atom stereocenters. The number of pyridine rings is 1. The van der Waals surface area contributed by atoms with Crippen molar-refractivity contribution in [3.8, 4) is 23.0 Å². The molecule has 3 aromatic carbocycles. The van der Waals surface area contributed by atoms with Crippen molar-refractivity contribution in [2.24, 2.45) is 5.92 Å². The number of aromatic nitrogens is 1. The minimum absolute atomic E-state index is 0.0685. The maximum Gasteiger partial charge on any atom is 0.331 e. The largest absolute Gasteiger partial charge is 0.497 e. The van der Waals surface area contributed by atoms with Crippen LogP contribution in [-0.2, 0) is 9.59 Å². The lowest BCUT2D eigenvalue weighted by atomic mass is 10.0. The maximum absolute atomic E-state index is 13.4. The second-order valence-electron chi connectivity index (χ2n) is 9.17. The third-order valence-electron chi connectivity index (χ3n) is 6.72. The number of nitrogens with zero attached hydrogens (tertiary/aromatic N) is 3. The minimum Gasteiger partial charge on any atom is -0.497 e. The van der Waals surface area contributed by atoms with E-state index in [2.05, 4.69) is 10.3 Å². The highest BCUT2D eigenvalue weighted by Crippen LogP contribution is 2.37. The topological polar surface area (TPSA) is 110 Å². The van der Waals surface area contributed by atoms with E-state index in [1.807, 2.05) is 0 Å². The number of carbonyl (C=O) groups is 3. The average Bonchev–Trinajstić information content (AvgIpc) is 2.98. The standard InChI is InChI=1S/C30H27FN4O6/c1-4-34-17-24(29(37)35(30(34)38)20-9-5-18(31)6-10-20)28(36)33-19-7-11-21(12-8-19)41-25-13-14-32-27-23(25)15-22(39-2)16-26(27)40-3/h5-16,24H,4,17H2,1-3H3,(H,33,36). The van der Waals surface area contributed by atoms with Crippen LogP contribution >= 0.6 is 0 Å². The van der Waals surface area contributed by atoms with E-state index in [1.54, 1.807) is 69.8 Å². The maximum atomic E-state index is 13.4. The lowest BCUT2D eigenvalue weighted by Crippen LogP contribution is -2.59. The first kappa shape index (κ1) is 27.4. The summed E-state index contributed by atoms with van der Waals surface area (Å²) in [5.41, 5.74) is 1.24. The second kappa shape index (κ2) is 11.5. The van der Waals surface area contributed by atoms with Crippen molar-refractivity contribution in [2.45, 2.75) is 6.92 Å². The molecule has 5 rings (SSSR count). The smallest absolute Gasteiger partial charge is 0.331 e. The van der Waals surface area contributed by atoms with Gasteiger partial charge >= 0.3 is 6.03 Å². The predicted octanol–water partition coefficient (Wildman–Crippen LogP) is 5.23. The number of ether oxygens (including phenoxy) is 3. The molecule has 1 saturated heterocycles. The summed E-state index contributed by atoms with van der Waals surface area (Å²) in [5, 5.41) is 3.44. The zero-order chi connectivity index (χ0) is 29.1. The van der Waals surface area contributed by atoms with Crippen LogP contribution in [0.3, 0.4) is 0 Å². The van der Waals surface area contributed by atoms with Crippen LogP contribution in [0, 0.1) is 11.7 Å². The lowest BCUT2D eigenvalue weighted by molar-refractivity contribution is -0.132. The van der Waals surface area contributed by atoms with Crippen LogP contribution in [0.1, 0.15) is 6.92 Å². The van der Waals surface area contributed by atoms with Gasteiger partial charge in [-0.2, -0.15) is 0 Å². The molecule has 1 atom stereocenters. The van der Waals surface area contributed by atoms with Gasteiger partial charge in [-0.15, -0.1) is 0 Å². The summed E-state index contributed by atoms with van der Waals surface area (Å²) in [4.78, 5) is 46.0. The van der Waals surface area contributed by atoms with Crippen molar-refractivity contribution in [1.29, 1.82) is 0 Å². The van der Waals surface area contributed by atoms with Crippen molar-refractivity contribution in [3.63, 3.8) is 0 Å². The average molecular weight is 559 g/mol. The number of urea groups is 1.